The number of nitrogens with zero attached hydrogens (tertiary/aromatic N) is 2. The van der Waals surface area contributed by atoms with Gasteiger partial charge in [0.05, 0.1) is 5.69 Å². The van der Waals surface area contributed by atoms with Crippen molar-refractivity contribution >= 4 is 17.4 Å². The van der Waals surface area contributed by atoms with E-state index in [1.807, 2.05) is 38.2 Å². The second-order valence-electron chi connectivity index (χ2n) is 3.49. The van der Waals surface area contributed by atoms with Gasteiger partial charge >= 0.3 is 0 Å². The Hall–Kier alpha value is -1.48. The molecule has 0 fully saturated rings. The Morgan fingerprint density at radius 3 is 2.67 bits per heavy atom. The van der Waals surface area contributed by atoms with Crippen LogP contribution in [-0.4, -0.2) is 9.78 Å². The molecular weight excluding hydrogens is 210 g/mol. The second kappa shape index (κ2) is 3.59. The summed E-state index contributed by atoms with van der Waals surface area (Å²) in [4.78, 5) is 0. The van der Waals surface area contributed by atoms with Crippen LogP contribution in [0.3, 0.4) is 0 Å². The van der Waals surface area contributed by atoms with Crippen molar-refractivity contribution in [2.75, 3.05) is 5.73 Å². The first-order valence-corrected chi connectivity index (χ1v) is 5.02. The van der Waals surface area contributed by atoms with Crippen molar-refractivity contribution < 1.29 is 0 Å². The van der Waals surface area contributed by atoms with Gasteiger partial charge in [-0.3, -0.25) is 4.68 Å². The van der Waals surface area contributed by atoms with Crippen LogP contribution >= 0.6 is 11.6 Å². The van der Waals surface area contributed by atoms with E-state index in [2.05, 4.69) is 5.10 Å². The lowest BCUT2D eigenvalue weighted by Gasteiger charge is -2.03. The minimum absolute atomic E-state index is 0.562. The minimum Gasteiger partial charge on any atom is -0.382 e. The third kappa shape index (κ3) is 1.70. The normalized spacial score (nSPS) is 10.6. The number of halogens is 1. The van der Waals surface area contributed by atoms with E-state index < -0.39 is 0 Å². The fourth-order valence-corrected chi connectivity index (χ4v) is 1.88. The zero-order valence-corrected chi connectivity index (χ0v) is 9.42. The zero-order valence-electron chi connectivity index (χ0n) is 8.66. The Bertz CT molecular complexity index is 503. The molecule has 0 bridgehead atoms. The molecule has 0 aliphatic heterocycles. The van der Waals surface area contributed by atoms with Crippen LogP contribution in [-0.2, 0) is 7.05 Å². The molecule has 0 radical (unpaired) electrons. The number of anilines is 1. The van der Waals surface area contributed by atoms with Gasteiger partial charge in [-0.15, -0.1) is 0 Å². The summed E-state index contributed by atoms with van der Waals surface area (Å²) in [5.74, 6) is 0.562. The van der Waals surface area contributed by atoms with E-state index in [0.717, 1.165) is 16.8 Å². The molecule has 2 N–H and O–H groups in total. The summed E-state index contributed by atoms with van der Waals surface area (Å²) in [6.07, 6.45) is 0. The smallest absolute Gasteiger partial charge is 0.148 e. The van der Waals surface area contributed by atoms with Gasteiger partial charge in [-0.25, -0.2) is 0 Å². The molecule has 2 rings (SSSR count). The molecule has 2 aromatic rings. The summed E-state index contributed by atoms with van der Waals surface area (Å²) in [6, 6.07) is 7.67. The fraction of sp³-hybridized carbons (Fsp3) is 0.182. The van der Waals surface area contributed by atoms with E-state index in [4.69, 9.17) is 17.3 Å². The lowest BCUT2D eigenvalue weighted by molar-refractivity contribution is 0.780. The number of nitrogen functional groups attached to an aromatic ring is 1. The van der Waals surface area contributed by atoms with Crippen LogP contribution in [0.15, 0.2) is 24.3 Å². The topological polar surface area (TPSA) is 43.8 Å². The second-order valence-corrected chi connectivity index (χ2v) is 3.93. The summed E-state index contributed by atoms with van der Waals surface area (Å²) >= 11 is 5.95. The number of nitrogens with two attached hydrogens (primary N) is 1. The Labute approximate surface area is 93.5 Å². The molecule has 0 unspecified atom stereocenters. The van der Waals surface area contributed by atoms with Gasteiger partial charge in [-0.1, -0.05) is 23.7 Å². The average molecular weight is 222 g/mol. The largest absolute Gasteiger partial charge is 0.382 e. The van der Waals surface area contributed by atoms with Crippen molar-refractivity contribution in [1.29, 1.82) is 0 Å². The predicted octanol–water partition coefficient (Wildman–Crippen LogP) is 2.63. The molecule has 0 aliphatic rings. The number of aromatic nitrogens is 2. The van der Waals surface area contributed by atoms with E-state index in [1.165, 1.54) is 0 Å². The molecule has 1 heterocycles. The molecule has 0 spiro atoms. The summed E-state index contributed by atoms with van der Waals surface area (Å²) in [5.41, 5.74) is 8.78. The first-order valence-electron chi connectivity index (χ1n) is 4.64. The van der Waals surface area contributed by atoms with Gasteiger partial charge in [0, 0.05) is 23.2 Å². The van der Waals surface area contributed by atoms with Gasteiger partial charge < -0.3 is 5.73 Å². The molecule has 1 aromatic heterocycles. The average Bonchev–Trinajstić information content (AvgIpc) is 2.41. The number of hydrogen-bond acceptors (Lipinski definition) is 2. The summed E-state index contributed by atoms with van der Waals surface area (Å²) in [7, 11) is 1.87. The van der Waals surface area contributed by atoms with Gasteiger partial charge in [0.25, 0.3) is 0 Å². The first-order chi connectivity index (χ1) is 7.09. The predicted molar refractivity (Wildman–Crippen MR) is 62.8 cm³/mol. The van der Waals surface area contributed by atoms with Gasteiger partial charge in [0.1, 0.15) is 5.82 Å². The maximum absolute atomic E-state index is 5.95. The molecule has 0 atom stereocenters. The highest BCUT2D eigenvalue weighted by molar-refractivity contribution is 6.30. The number of hydrogen-bond donors (Lipinski definition) is 1. The third-order valence-corrected chi connectivity index (χ3v) is 2.65. The molecular formula is C11H12ClN3. The SMILES string of the molecule is Cc1c(N)nn(C)c1-c1cccc(Cl)c1. The van der Waals surface area contributed by atoms with E-state index in [0.29, 0.717) is 10.8 Å². The summed E-state index contributed by atoms with van der Waals surface area (Å²) in [5, 5.41) is 4.88. The van der Waals surface area contributed by atoms with Crippen LogP contribution in [0.5, 0.6) is 0 Å². The maximum Gasteiger partial charge on any atom is 0.148 e. The van der Waals surface area contributed by atoms with Gasteiger partial charge in [-0.05, 0) is 19.1 Å². The maximum atomic E-state index is 5.95. The fourth-order valence-electron chi connectivity index (χ4n) is 1.69. The molecule has 1 aromatic carbocycles. The molecule has 0 saturated heterocycles. The first kappa shape index (κ1) is 10.1. The number of aryl methyl sites for hydroxylation is 1. The summed E-state index contributed by atoms with van der Waals surface area (Å²) < 4.78 is 1.77. The highest BCUT2D eigenvalue weighted by Gasteiger charge is 2.11. The highest BCUT2D eigenvalue weighted by atomic mass is 35.5. The molecule has 0 saturated carbocycles. The molecule has 3 nitrogen and oxygen atoms in total. The number of rotatable bonds is 1. The lowest BCUT2D eigenvalue weighted by atomic mass is 10.1. The van der Waals surface area contributed by atoms with Crippen LogP contribution in [0.2, 0.25) is 5.02 Å². The van der Waals surface area contributed by atoms with Crippen LogP contribution < -0.4 is 5.73 Å². The van der Waals surface area contributed by atoms with Crippen molar-refractivity contribution in [3.8, 4) is 11.3 Å². The van der Waals surface area contributed by atoms with Gasteiger partial charge in [0.2, 0.25) is 0 Å². The van der Waals surface area contributed by atoms with Crippen LogP contribution in [0.4, 0.5) is 5.82 Å². The Balaban J connectivity index is 2.63. The monoisotopic (exact) mass is 221 g/mol. The van der Waals surface area contributed by atoms with Crippen molar-refractivity contribution in [3.63, 3.8) is 0 Å². The molecule has 15 heavy (non-hydrogen) atoms. The highest BCUT2D eigenvalue weighted by Crippen LogP contribution is 2.27. The summed E-state index contributed by atoms with van der Waals surface area (Å²) in [6.45, 7) is 1.96. The van der Waals surface area contributed by atoms with Crippen molar-refractivity contribution in [1.82, 2.24) is 9.78 Å². The van der Waals surface area contributed by atoms with Crippen LogP contribution in [0.25, 0.3) is 11.3 Å². The van der Waals surface area contributed by atoms with Crippen molar-refractivity contribution in [3.05, 3.63) is 34.9 Å². The van der Waals surface area contributed by atoms with Crippen LogP contribution in [0.1, 0.15) is 5.56 Å². The Morgan fingerprint density at radius 1 is 1.40 bits per heavy atom. The lowest BCUT2D eigenvalue weighted by Crippen LogP contribution is -1.94. The standard InChI is InChI=1S/C11H12ClN3/c1-7-10(15(2)14-11(7)13)8-4-3-5-9(12)6-8/h3-6H,1-2H3,(H2,13,14). The van der Waals surface area contributed by atoms with E-state index in [-0.39, 0.29) is 0 Å². The molecule has 4 heteroatoms. The zero-order chi connectivity index (χ0) is 11.0. The van der Waals surface area contributed by atoms with E-state index in [9.17, 15) is 0 Å². The Kier molecular flexibility index (Phi) is 2.40. The Morgan fingerprint density at radius 2 is 2.13 bits per heavy atom. The van der Waals surface area contributed by atoms with E-state index in [1.54, 1.807) is 4.68 Å². The number of benzene rings is 1. The van der Waals surface area contributed by atoms with Gasteiger partial charge in [-0.2, -0.15) is 5.10 Å². The van der Waals surface area contributed by atoms with Crippen molar-refractivity contribution in [2.24, 2.45) is 7.05 Å². The molecule has 0 aliphatic carbocycles. The van der Waals surface area contributed by atoms with Crippen LogP contribution in [0, 0.1) is 6.92 Å². The molecule has 0 amide bonds. The third-order valence-electron chi connectivity index (χ3n) is 2.42. The quantitative estimate of drug-likeness (QED) is 0.805. The van der Waals surface area contributed by atoms with E-state index >= 15 is 0 Å². The minimum atomic E-state index is 0.562. The van der Waals surface area contributed by atoms with Crippen molar-refractivity contribution in [2.45, 2.75) is 6.92 Å². The van der Waals surface area contributed by atoms with Gasteiger partial charge in [0.15, 0.2) is 0 Å². The molecule has 78 valence electrons.